The molecule has 3 rings (SSSR count). The molecule has 1 aliphatic rings. The van der Waals surface area contributed by atoms with Gasteiger partial charge in [-0.15, -0.1) is 0 Å². The van der Waals surface area contributed by atoms with E-state index in [1.165, 1.54) is 13.1 Å². The van der Waals surface area contributed by atoms with Crippen molar-refractivity contribution < 1.29 is 29.0 Å². The molecule has 0 spiro atoms. The van der Waals surface area contributed by atoms with E-state index in [0.717, 1.165) is 0 Å². The third-order valence-corrected chi connectivity index (χ3v) is 5.78. The summed E-state index contributed by atoms with van der Waals surface area (Å²) in [6.45, 7) is 3.34. The summed E-state index contributed by atoms with van der Waals surface area (Å²) < 4.78 is 11.4. The van der Waals surface area contributed by atoms with Gasteiger partial charge in [0, 0.05) is 19.8 Å². The van der Waals surface area contributed by atoms with Crippen LogP contribution in [-0.2, 0) is 16.0 Å². The van der Waals surface area contributed by atoms with E-state index in [1.807, 2.05) is 19.1 Å². The van der Waals surface area contributed by atoms with Gasteiger partial charge in [-0.3, -0.25) is 4.79 Å². The number of aliphatic hydroxyl groups excluding tert-OH is 1. The molecule has 7 heteroatoms. The lowest BCUT2D eigenvalue weighted by molar-refractivity contribution is -0.118. The second-order valence-corrected chi connectivity index (χ2v) is 8.60. The first-order valence-corrected chi connectivity index (χ1v) is 11.7. The van der Waals surface area contributed by atoms with Gasteiger partial charge in [-0.05, 0) is 48.7 Å². The largest absolute Gasteiger partial charge is 0.458 e. The van der Waals surface area contributed by atoms with E-state index >= 15 is 0 Å². The fourth-order valence-corrected chi connectivity index (χ4v) is 3.78. The Kier molecular flexibility index (Phi) is 9.38. The van der Waals surface area contributed by atoms with Crippen LogP contribution in [0.1, 0.15) is 59.4 Å². The number of esters is 2. The van der Waals surface area contributed by atoms with Gasteiger partial charge in [0.15, 0.2) is 0 Å². The molecule has 184 valence electrons. The van der Waals surface area contributed by atoms with E-state index in [9.17, 15) is 19.5 Å². The molecule has 2 aromatic carbocycles. The quantitative estimate of drug-likeness (QED) is 0.377. The molecule has 0 aliphatic carbocycles. The van der Waals surface area contributed by atoms with Gasteiger partial charge in [-0.2, -0.15) is 0 Å². The van der Waals surface area contributed by atoms with Crippen LogP contribution in [0.5, 0.6) is 5.75 Å². The number of rotatable bonds is 5. The van der Waals surface area contributed by atoms with Gasteiger partial charge in [0.1, 0.15) is 17.4 Å². The molecule has 0 saturated carbocycles. The van der Waals surface area contributed by atoms with E-state index in [-0.39, 0.29) is 29.6 Å². The summed E-state index contributed by atoms with van der Waals surface area (Å²) >= 11 is 0. The Balaban J connectivity index is 1.92. The molecule has 1 aliphatic heterocycles. The number of ether oxygens (including phenoxy) is 2. The summed E-state index contributed by atoms with van der Waals surface area (Å²) in [5, 5.41) is 13.2. The smallest absolute Gasteiger partial charge is 0.343 e. The number of allylic oxidation sites excluding steroid dienone is 2. The number of carbonyl (C=O) groups is 3. The summed E-state index contributed by atoms with van der Waals surface area (Å²) in [6, 6.07) is 13.6. The van der Waals surface area contributed by atoms with Crippen LogP contribution >= 0.6 is 0 Å². The first-order chi connectivity index (χ1) is 16.8. The number of aliphatic hydroxyl groups is 1. The Labute approximate surface area is 205 Å². The Morgan fingerprint density at radius 1 is 1.14 bits per heavy atom. The molecule has 1 amide bonds. The molecule has 1 unspecified atom stereocenters. The lowest BCUT2D eigenvalue weighted by atomic mass is 9.93. The number of amides is 1. The topological polar surface area (TPSA) is 102 Å². The fraction of sp³-hybridized carbons (Fsp3) is 0.321. The van der Waals surface area contributed by atoms with Crippen molar-refractivity contribution in [2.24, 2.45) is 5.92 Å². The van der Waals surface area contributed by atoms with Gasteiger partial charge in [0.25, 0.3) is 0 Å². The Morgan fingerprint density at radius 2 is 1.91 bits per heavy atom. The normalized spacial score (nSPS) is 21.7. The predicted molar refractivity (Wildman–Crippen MR) is 132 cm³/mol. The number of carbonyl (C=O) groups excluding carboxylic acids is 3. The van der Waals surface area contributed by atoms with Gasteiger partial charge in [-0.25, -0.2) is 9.59 Å². The maximum absolute atomic E-state index is 13.4. The van der Waals surface area contributed by atoms with E-state index in [2.05, 4.69) is 5.32 Å². The second-order valence-electron chi connectivity index (χ2n) is 8.60. The molecule has 0 saturated heterocycles. The first-order valence-electron chi connectivity index (χ1n) is 11.7. The van der Waals surface area contributed by atoms with Gasteiger partial charge in [0.2, 0.25) is 5.91 Å². The monoisotopic (exact) mass is 477 g/mol. The van der Waals surface area contributed by atoms with Crippen LogP contribution in [0.3, 0.4) is 0 Å². The van der Waals surface area contributed by atoms with Crippen molar-refractivity contribution in [2.75, 3.05) is 0 Å². The summed E-state index contributed by atoms with van der Waals surface area (Å²) in [7, 11) is 0. The SMILES string of the molecule is CC(=O)N/C=C/CC1C[C@@H](O)[C@@H](C)C/C=C/Cc2cccc(OC(=O)c3ccccc3)c2C(=O)O1. The number of fused-ring (bicyclic) bond motifs is 1. The molecular weight excluding hydrogens is 446 g/mol. The number of cyclic esters (lactones) is 1. The standard InChI is InChI=1S/C28H31NO6/c1-19-10-6-7-11-21-14-8-16-25(35-27(32)22-12-4-3-5-13-22)26(21)28(33)34-23(18-24(19)31)15-9-17-29-20(2)30/h3-9,12-14,16-17,19,23-24,31H,10-11,15,18H2,1-2H3,(H,29,30)/b7-6+,17-9+/t19-,23?,24+/m0/s1. The predicted octanol–water partition coefficient (Wildman–Crippen LogP) is 4.36. The van der Waals surface area contributed by atoms with Crippen molar-refractivity contribution in [3.05, 3.63) is 89.6 Å². The van der Waals surface area contributed by atoms with E-state index in [0.29, 0.717) is 30.4 Å². The number of hydrogen-bond donors (Lipinski definition) is 2. The lowest BCUT2D eigenvalue weighted by Crippen LogP contribution is -2.28. The molecule has 1 heterocycles. The highest BCUT2D eigenvalue weighted by Gasteiger charge is 2.27. The van der Waals surface area contributed by atoms with Gasteiger partial charge >= 0.3 is 11.9 Å². The molecule has 0 bridgehead atoms. The van der Waals surface area contributed by atoms with Crippen LogP contribution in [0.25, 0.3) is 0 Å². The number of nitrogens with one attached hydrogen (secondary N) is 1. The number of benzene rings is 2. The van der Waals surface area contributed by atoms with Gasteiger partial charge in [0.05, 0.1) is 11.7 Å². The Bertz CT molecular complexity index is 1090. The van der Waals surface area contributed by atoms with E-state index in [4.69, 9.17) is 9.47 Å². The van der Waals surface area contributed by atoms with Crippen LogP contribution < -0.4 is 10.1 Å². The summed E-state index contributed by atoms with van der Waals surface area (Å²) in [5.74, 6) is -1.33. The average Bonchev–Trinajstić information content (AvgIpc) is 2.84. The van der Waals surface area contributed by atoms with E-state index in [1.54, 1.807) is 54.6 Å². The fourth-order valence-electron chi connectivity index (χ4n) is 3.78. The van der Waals surface area contributed by atoms with Crippen LogP contribution in [0, 0.1) is 5.92 Å². The first kappa shape index (κ1) is 25.9. The van der Waals surface area contributed by atoms with Gasteiger partial charge in [-0.1, -0.05) is 55.5 Å². The highest BCUT2D eigenvalue weighted by molar-refractivity contribution is 5.97. The van der Waals surface area contributed by atoms with Crippen molar-refractivity contribution in [2.45, 2.75) is 51.7 Å². The average molecular weight is 478 g/mol. The van der Waals surface area contributed by atoms with Gasteiger partial charge < -0.3 is 19.9 Å². The van der Waals surface area contributed by atoms with E-state index < -0.39 is 24.1 Å². The Morgan fingerprint density at radius 3 is 2.66 bits per heavy atom. The summed E-state index contributed by atoms with van der Waals surface area (Å²) in [5.41, 5.74) is 1.22. The molecule has 0 radical (unpaired) electrons. The molecular formula is C28H31NO6. The molecule has 3 atom stereocenters. The molecule has 0 aromatic heterocycles. The highest BCUT2D eigenvalue weighted by atomic mass is 16.6. The van der Waals surface area contributed by atoms with Crippen molar-refractivity contribution >= 4 is 17.8 Å². The van der Waals surface area contributed by atoms with Crippen molar-refractivity contribution in [1.29, 1.82) is 0 Å². The lowest BCUT2D eigenvalue weighted by Gasteiger charge is -2.25. The minimum absolute atomic E-state index is 0.0242. The minimum atomic E-state index is -0.684. The van der Waals surface area contributed by atoms with Crippen molar-refractivity contribution in [1.82, 2.24) is 5.32 Å². The van der Waals surface area contributed by atoms with Crippen molar-refractivity contribution in [3.8, 4) is 5.75 Å². The molecule has 0 fully saturated rings. The molecule has 35 heavy (non-hydrogen) atoms. The zero-order chi connectivity index (χ0) is 25.2. The Hall–Kier alpha value is -3.71. The molecule has 7 nitrogen and oxygen atoms in total. The maximum atomic E-state index is 13.4. The van der Waals surface area contributed by atoms with Crippen molar-refractivity contribution in [3.63, 3.8) is 0 Å². The summed E-state index contributed by atoms with van der Waals surface area (Å²) in [6.07, 6.45) is 7.41. The third kappa shape index (κ3) is 7.65. The zero-order valence-corrected chi connectivity index (χ0v) is 20.0. The van der Waals surface area contributed by atoms with Crippen LogP contribution in [0.2, 0.25) is 0 Å². The van der Waals surface area contributed by atoms with Crippen LogP contribution in [0.4, 0.5) is 0 Å². The minimum Gasteiger partial charge on any atom is -0.458 e. The second kappa shape index (κ2) is 12.7. The maximum Gasteiger partial charge on any atom is 0.343 e. The van der Waals surface area contributed by atoms with Crippen LogP contribution in [0.15, 0.2) is 73.0 Å². The summed E-state index contributed by atoms with van der Waals surface area (Å²) in [4.78, 5) is 37.2. The number of hydrogen-bond acceptors (Lipinski definition) is 6. The third-order valence-electron chi connectivity index (χ3n) is 5.78. The molecule has 2 aromatic rings. The highest BCUT2D eigenvalue weighted by Crippen LogP contribution is 2.28. The zero-order valence-electron chi connectivity index (χ0n) is 20.0. The molecule has 2 N–H and O–H groups in total. The van der Waals surface area contributed by atoms with Crippen LogP contribution in [-0.4, -0.2) is 35.2 Å².